The minimum Gasteiger partial charge on any atom is -0.381 e. The summed E-state index contributed by atoms with van der Waals surface area (Å²) < 4.78 is 0.368. The van der Waals surface area contributed by atoms with Crippen molar-refractivity contribution in [3.8, 4) is 11.3 Å². The molecule has 1 aromatic carbocycles. The summed E-state index contributed by atoms with van der Waals surface area (Å²) >= 11 is 1.94. The van der Waals surface area contributed by atoms with Crippen molar-refractivity contribution in [1.82, 2.24) is 9.97 Å². The fourth-order valence-corrected chi connectivity index (χ4v) is 7.23. The first kappa shape index (κ1) is 14.8. The fraction of sp³-hybridized carbons (Fsp3) is 0.500. The van der Waals surface area contributed by atoms with E-state index in [4.69, 9.17) is 10.7 Å². The van der Waals surface area contributed by atoms with Crippen LogP contribution in [-0.2, 0) is 0 Å². The van der Waals surface area contributed by atoms with Crippen molar-refractivity contribution in [2.24, 2.45) is 17.8 Å². The lowest BCUT2D eigenvalue weighted by molar-refractivity contribution is 0.0383. The van der Waals surface area contributed by atoms with Gasteiger partial charge >= 0.3 is 0 Å². The Morgan fingerprint density at radius 1 is 0.958 bits per heavy atom. The number of benzene rings is 1. The molecule has 1 aromatic heterocycles. The first-order chi connectivity index (χ1) is 11.7. The molecule has 0 unspecified atom stereocenters. The van der Waals surface area contributed by atoms with E-state index >= 15 is 0 Å². The summed E-state index contributed by atoms with van der Waals surface area (Å²) in [4.78, 5) is 9.34. The van der Waals surface area contributed by atoms with Crippen molar-refractivity contribution >= 4 is 17.6 Å². The van der Waals surface area contributed by atoms with Gasteiger partial charge in [0.15, 0.2) is 5.82 Å². The minimum absolute atomic E-state index is 0.368. The summed E-state index contributed by atoms with van der Waals surface area (Å²) in [5.74, 6) is 3.41. The Bertz CT molecular complexity index is 723. The molecule has 24 heavy (non-hydrogen) atoms. The van der Waals surface area contributed by atoms with E-state index in [1.807, 2.05) is 30.0 Å². The van der Waals surface area contributed by atoms with Crippen LogP contribution in [0, 0.1) is 17.8 Å². The number of hydrogen-bond donors (Lipinski definition) is 1. The monoisotopic (exact) mass is 337 g/mol. The van der Waals surface area contributed by atoms with Crippen molar-refractivity contribution in [2.75, 3.05) is 5.73 Å². The van der Waals surface area contributed by atoms with Crippen LogP contribution < -0.4 is 5.73 Å². The van der Waals surface area contributed by atoms with Gasteiger partial charge < -0.3 is 5.73 Å². The van der Waals surface area contributed by atoms with E-state index < -0.39 is 0 Å². The van der Waals surface area contributed by atoms with Crippen LogP contribution in [0.15, 0.2) is 41.6 Å². The molecule has 6 rings (SSSR count). The smallest absolute Gasteiger partial charge is 0.156 e. The zero-order chi connectivity index (χ0) is 16.1. The zero-order valence-electron chi connectivity index (χ0n) is 13.8. The van der Waals surface area contributed by atoms with Crippen molar-refractivity contribution in [1.29, 1.82) is 0 Å². The van der Waals surface area contributed by atoms with E-state index in [2.05, 4.69) is 17.1 Å². The molecular formula is C20H23N3S. The van der Waals surface area contributed by atoms with Crippen molar-refractivity contribution in [2.45, 2.75) is 48.3 Å². The highest BCUT2D eigenvalue weighted by molar-refractivity contribution is 8.00. The van der Waals surface area contributed by atoms with Gasteiger partial charge in [-0.3, -0.25) is 0 Å². The lowest BCUT2D eigenvalue weighted by atomic mass is 9.56. The molecule has 2 aromatic rings. The van der Waals surface area contributed by atoms with Crippen LogP contribution >= 0.6 is 11.8 Å². The lowest BCUT2D eigenvalue weighted by Crippen LogP contribution is -2.48. The van der Waals surface area contributed by atoms with E-state index in [0.29, 0.717) is 10.6 Å². The first-order valence-corrected chi connectivity index (χ1v) is 9.88. The predicted octanol–water partition coefficient (Wildman–Crippen LogP) is 4.79. The van der Waals surface area contributed by atoms with Gasteiger partial charge in [-0.15, -0.1) is 0 Å². The normalized spacial score (nSPS) is 33.8. The van der Waals surface area contributed by atoms with E-state index in [1.54, 1.807) is 6.20 Å². The molecule has 4 aliphatic carbocycles. The zero-order valence-corrected chi connectivity index (χ0v) is 14.6. The maximum absolute atomic E-state index is 6.20. The summed E-state index contributed by atoms with van der Waals surface area (Å²) in [5.41, 5.74) is 8.24. The van der Waals surface area contributed by atoms with E-state index in [0.717, 1.165) is 34.0 Å². The second kappa shape index (κ2) is 5.48. The molecule has 0 aliphatic heterocycles. The van der Waals surface area contributed by atoms with E-state index in [1.165, 1.54) is 38.5 Å². The summed E-state index contributed by atoms with van der Waals surface area (Å²) in [6, 6.07) is 10.3. The van der Waals surface area contributed by atoms with Gasteiger partial charge in [0.1, 0.15) is 5.03 Å². The Hall–Kier alpha value is -1.55. The number of nitrogens with zero attached hydrogens (tertiary/aromatic N) is 2. The van der Waals surface area contributed by atoms with Gasteiger partial charge in [0.05, 0.1) is 11.9 Å². The molecule has 3 nitrogen and oxygen atoms in total. The molecule has 0 amide bonds. The van der Waals surface area contributed by atoms with Crippen LogP contribution in [0.25, 0.3) is 11.3 Å². The molecule has 4 fully saturated rings. The Morgan fingerprint density at radius 2 is 1.58 bits per heavy atom. The highest BCUT2D eigenvalue weighted by Gasteiger charge is 2.51. The third kappa shape index (κ3) is 2.52. The highest BCUT2D eigenvalue weighted by Crippen LogP contribution is 2.62. The van der Waals surface area contributed by atoms with Gasteiger partial charge in [-0.1, -0.05) is 42.1 Å². The second-order valence-electron chi connectivity index (χ2n) is 8.01. The number of thioether (sulfide) groups is 1. The molecule has 4 saturated carbocycles. The van der Waals surface area contributed by atoms with Crippen LogP contribution in [0.4, 0.5) is 5.82 Å². The Labute approximate surface area is 147 Å². The molecule has 0 atom stereocenters. The number of nitrogens with two attached hydrogens (primary N) is 1. The predicted molar refractivity (Wildman–Crippen MR) is 98.6 cm³/mol. The summed E-state index contributed by atoms with van der Waals surface area (Å²) in [5, 5.41) is 0.943. The van der Waals surface area contributed by atoms with Crippen LogP contribution in [0.1, 0.15) is 38.5 Å². The average Bonchev–Trinajstić information content (AvgIpc) is 2.56. The molecule has 0 spiro atoms. The molecular weight excluding hydrogens is 314 g/mol. The third-order valence-corrected chi connectivity index (χ3v) is 7.56. The van der Waals surface area contributed by atoms with E-state index in [9.17, 15) is 0 Å². The molecule has 1 heterocycles. The van der Waals surface area contributed by atoms with Gasteiger partial charge in [-0.25, -0.2) is 9.97 Å². The molecule has 124 valence electrons. The molecule has 2 N–H and O–H groups in total. The second-order valence-corrected chi connectivity index (χ2v) is 9.47. The standard InChI is InChI=1S/C20H23N3S/c21-18-19(23-17(12-22-18)16-4-2-1-3-5-16)24-20-9-13-6-14(10-20)8-15(7-13)11-20/h1-5,12-15H,6-11H2,(H2,21,22). The Kier molecular flexibility index (Phi) is 3.37. The van der Waals surface area contributed by atoms with Crippen LogP contribution in [0.2, 0.25) is 0 Å². The molecule has 4 bridgehead atoms. The molecule has 0 radical (unpaired) electrons. The van der Waals surface area contributed by atoms with E-state index in [-0.39, 0.29) is 0 Å². The number of anilines is 1. The fourth-order valence-electron chi connectivity index (χ4n) is 5.57. The van der Waals surface area contributed by atoms with Gasteiger partial charge in [-0.05, 0) is 56.3 Å². The Morgan fingerprint density at radius 3 is 2.21 bits per heavy atom. The topological polar surface area (TPSA) is 51.8 Å². The maximum Gasteiger partial charge on any atom is 0.156 e. The average molecular weight is 337 g/mol. The number of aromatic nitrogens is 2. The van der Waals surface area contributed by atoms with Crippen LogP contribution in [-0.4, -0.2) is 14.7 Å². The largest absolute Gasteiger partial charge is 0.381 e. The summed E-state index contributed by atoms with van der Waals surface area (Å²) in [7, 11) is 0. The SMILES string of the molecule is Nc1ncc(-c2ccccc2)nc1SC12CC3CC(CC(C3)C1)C2. The summed E-state index contributed by atoms with van der Waals surface area (Å²) in [6.45, 7) is 0. The van der Waals surface area contributed by atoms with Gasteiger partial charge in [0.25, 0.3) is 0 Å². The molecule has 4 heteroatoms. The number of nitrogen functional groups attached to an aromatic ring is 1. The highest BCUT2D eigenvalue weighted by atomic mass is 32.2. The van der Waals surface area contributed by atoms with Crippen molar-refractivity contribution < 1.29 is 0 Å². The van der Waals surface area contributed by atoms with Gasteiger partial charge in [-0.2, -0.15) is 0 Å². The number of hydrogen-bond acceptors (Lipinski definition) is 4. The molecule has 4 aliphatic rings. The van der Waals surface area contributed by atoms with Crippen LogP contribution in [0.3, 0.4) is 0 Å². The first-order valence-electron chi connectivity index (χ1n) is 9.06. The third-order valence-electron chi connectivity index (χ3n) is 6.13. The Balaban J connectivity index is 1.47. The maximum atomic E-state index is 6.20. The van der Waals surface area contributed by atoms with Crippen LogP contribution in [0.5, 0.6) is 0 Å². The van der Waals surface area contributed by atoms with Gasteiger partial charge in [0.2, 0.25) is 0 Å². The quantitative estimate of drug-likeness (QED) is 0.875. The lowest BCUT2D eigenvalue weighted by Gasteiger charge is -2.56. The number of rotatable bonds is 3. The van der Waals surface area contributed by atoms with Crippen molar-refractivity contribution in [3.05, 3.63) is 36.5 Å². The minimum atomic E-state index is 0.368. The molecule has 0 saturated heterocycles. The van der Waals surface area contributed by atoms with Crippen molar-refractivity contribution in [3.63, 3.8) is 0 Å². The summed E-state index contributed by atoms with van der Waals surface area (Å²) in [6.07, 6.45) is 10.2. The van der Waals surface area contributed by atoms with Gasteiger partial charge in [0, 0.05) is 10.3 Å².